The number of hydrogen-bond acceptors (Lipinski definition) is 2. The fourth-order valence-electron chi connectivity index (χ4n) is 0.933. The molecule has 0 aromatic carbocycles. The molecule has 1 aliphatic rings. The first-order valence-electron chi connectivity index (χ1n) is 3.53. The second-order valence-electron chi connectivity index (χ2n) is 3.21. The van der Waals surface area contributed by atoms with Gasteiger partial charge in [-0.2, -0.15) is 0 Å². The van der Waals surface area contributed by atoms with E-state index >= 15 is 0 Å². The van der Waals surface area contributed by atoms with Gasteiger partial charge in [0.05, 0.1) is 0 Å². The average Bonchev–Trinajstić information content (AvgIpc) is 1.81. The van der Waals surface area contributed by atoms with Crippen LogP contribution in [0.5, 0.6) is 0 Å². The van der Waals surface area contributed by atoms with E-state index < -0.39 is 24.4 Å². The molecule has 1 heterocycles. The molecule has 0 spiro atoms. The molecule has 0 aliphatic carbocycles. The van der Waals surface area contributed by atoms with Gasteiger partial charge in [-0.05, 0) is 20.8 Å². The van der Waals surface area contributed by atoms with Crippen LogP contribution < -0.4 is 0 Å². The predicted octanol–water partition coefficient (Wildman–Crippen LogP) is 1.79. The van der Waals surface area contributed by atoms with Crippen LogP contribution >= 0.6 is 0 Å². The molecule has 0 bridgehead atoms. The molecule has 1 fully saturated rings. The Morgan fingerprint density at radius 3 is 2.27 bits per heavy atom. The maximum atomic E-state index is 12.7. The Kier molecular flexibility index (Phi) is 1.92. The maximum Gasteiger partial charge on any atom is 0.296 e. The van der Waals surface area contributed by atoms with Crippen molar-refractivity contribution >= 4 is 0 Å². The van der Waals surface area contributed by atoms with Crippen LogP contribution in [0.15, 0.2) is 0 Å². The number of halogens is 2. The summed E-state index contributed by atoms with van der Waals surface area (Å²) in [6, 6.07) is 0. The zero-order valence-electron chi connectivity index (χ0n) is 6.86. The second-order valence-corrected chi connectivity index (χ2v) is 3.21. The van der Waals surface area contributed by atoms with Gasteiger partial charge in [-0.1, -0.05) is 0 Å². The van der Waals surface area contributed by atoms with Gasteiger partial charge in [-0.3, -0.25) is 0 Å². The van der Waals surface area contributed by atoms with Crippen molar-refractivity contribution in [2.75, 3.05) is 6.61 Å². The number of rotatable bonds is 0. The largest absolute Gasteiger partial charge is 0.344 e. The summed E-state index contributed by atoms with van der Waals surface area (Å²) in [5, 5.41) is 0. The minimum Gasteiger partial charge on any atom is -0.344 e. The van der Waals surface area contributed by atoms with E-state index in [4.69, 9.17) is 9.47 Å². The van der Waals surface area contributed by atoms with Crippen molar-refractivity contribution in [2.45, 2.75) is 38.6 Å². The molecule has 0 radical (unpaired) electrons. The lowest BCUT2D eigenvalue weighted by Crippen LogP contribution is -2.51. The molecular weight excluding hydrogens is 154 g/mol. The van der Waals surface area contributed by atoms with Crippen LogP contribution in [0.25, 0.3) is 0 Å². The zero-order valence-corrected chi connectivity index (χ0v) is 6.86. The summed E-state index contributed by atoms with van der Waals surface area (Å²) < 4.78 is 35.1. The van der Waals surface area contributed by atoms with Gasteiger partial charge in [-0.25, -0.2) is 8.78 Å². The number of ether oxygens (including phenoxy) is 2. The van der Waals surface area contributed by atoms with Crippen LogP contribution in [0, 0.1) is 0 Å². The molecule has 1 unspecified atom stereocenters. The monoisotopic (exact) mass is 166 g/mol. The van der Waals surface area contributed by atoms with Crippen LogP contribution in [0.3, 0.4) is 0 Å². The summed E-state index contributed by atoms with van der Waals surface area (Å²) in [6.45, 7) is 4.04. The van der Waals surface area contributed by atoms with E-state index in [1.165, 1.54) is 6.92 Å². The van der Waals surface area contributed by atoms with E-state index in [0.717, 1.165) is 0 Å². The van der Waals surface area contributed by atoms with Crippen molar-refractivity contribution in [3.8, 4) is 0 Å². The third-order valence-electron chi connectivity index (χ3n) is 1.67. The third kappa shape index (κ3) is 1.87. The van der Waals surface area contributed by atoms with Crippen molar-refractivity contribution in [1.29, 1.82) is 0 Å². The van der Waals surface area contributed by atoms with Gasteiger partial charge in [0.25, 0.3) is 5.92 Å². The predicted molar refractivity (Wildman–Crippen MR) is 35.5 cm³/mol. The molecule has 4 heteroatoms. The Labute approximate surface area is 64.5 Å². The normalized spacial score (nSPS) is 35.2. The average molecular weight is 166 g/mol. The molecule has 0 saturated carbocycles. The summed E-state index contributed by atoms with van der Waals surface area (Å²) in [7, 11) is 0. The van der Waals surface area contributed by atoms with Gasteiger partial charge >= 0.3 is 0 Å². The first-order valence-corrected chi connectivity index (χ1v) is 3.53. The van der Waals surface area contributed by atoms with E-state index in [-0.39, 0.29) is 0 Å². The first-order chi connectivity index (χ1) is 4.83. The van der Waals surface area contributed by atoms with Crippen molar-refractivity contribution in [2.24, 2.45) is 0 Å². The summed E-state index contributed by atoms with van der Waals surface area (Å²) in [6.07, 6.45) is -1.06. The van der Waals surface area contributed by atoms with Crippen LogP contribution in [-0.4, -0.2) is 24.4 Å². The van der Waals surface area contributed by atoms with Crippen molar-refractivity contribution in [3.05, 3.63) is 0 Å². The first kappa shape index (κ1) is 8.87. The van der Waals surface area contributed by atoms with Crippen LogP contribution in [0.4, 0.5) is 8.78 Å². The summed E-state index contributed by atoms with van der Waals surface area (Å²) in [5.74, 6) is -3.73. The topological polar surface area (TPSA) is 18.5 Å². The van der Waals surface area contributed by atoms with Gasteiger partial charge in [0.2, 0.25) is 0 Å². The highest BCUT2D eigenvalue weighted by molar-refractivity contribution is 4.80. The molecule has 0 aromatic rings. The van der Waals surface area contributed by atoms with Crippen LogP contribution in [0.1, 0.15) is 20.8 Å². The lowest BCUT2D eigenvalue weighted by molar-refractivity contribution is -0.341. The summed E-state index contributed by atoms with van der Waals surface area (Å²) in [4.78, 5) is 0. The number of hydrogen-bond donors (Lipinski definition) is 0. The fourth-order valence-corrected chi connectivity index (χ4v) is 0.933. The van der Waals surface area contributed by atoms with Crippen molar-refractivity contribution in [1.82, 2.24) is 0 Å². The van der Waals surface area contributed by atoms with Gasteiger partial charge < -0.3 is 9.47 Å². The smallest absolute Gasteiger partial charge is 0.296 e. The summed E-state index contributed by atoms with van der Waals surface area (Å²) >= 11 is 0. The summed E-state index contributed by atoms with van der Waals surface area (Å²) in [5.41, 5.74) is 0. The zero-order chi connectivity index (χ0) is 8.70. The SMILES string of the molecule is CC1OC(C)(C)OCC1(F)F. The van der Waals surface area contributed by atoms with E-state index in [2.05, 4.69) is 0 Å². The molecule has 0 N–H and O–H groups in total. The van der Waals surface area contributed by atoms with Gasteiger partial charge in [0, 0.05) is 0 Å². The molecule has 11 heavy (non-hydrogen) atoms. The Balaban J connectivity index is 2.63. The highest BCUT2D eigenvalue weighted by Crippen LogP contribution is 2.32. The van der Waals surface area contributed by atoms with Gasteiger partial charge in [-0.15, -0.1) is 0 Å². The highest BCUT2D eigenvalue weighted by atomic mass is 19.3. The van der Waals surface area contributed by atoms with Crippen LogP contribution in [0.2, 0.25) is 0 Å². The molecule has 1 aliphatic heterocycles. The van der Waals surface area contributed by atoms with Crippen molar-refractivity contribution in [3.63, 3.8) is 0 Å². The van der Waals surface area contributed by atoms with Gasteiger partial charge in [0.1, 0.15) is 12.7 Å². The third-order valence-corrected chi connectivity index (χ3v) is 1.67. The Bertz CT molecular complexity index is 157. The molecule has 2 nitrogen and oxygen atoms in total. The van der Waals surface area contributed by atoms with Crippen molar-refractivity contribution < 1.29 is 18.3 Å². The highest BCUT2D eigenvalue weighted by Gasteiger charge is 2.46. The van der Waals surface area contributed by atoms with E-state index in [1.54, 1.807) is 13.8 Å². The molecule has 1 rings (SSSR count). The Hall–Kier alpha value is -0.220. The fraction of sp³-hybridized carbons (Fsp3) is 1.00. The second kappa shape index (κ2) is 2.38. The van der Waals surface area contributed by atoms with Gasteiger partial charge in [0.15, 0.2) is 5.79 Å². The Morgan fingerprint density at radius 1 is 1.36 bits per heavy atom. The molecule has 66 valence electrons. The lowest BCUT2D eigenvalue weighted by Gasteiger charge is -2.39. The van der Waals surface area contributed by atoms with E-state index in [9.17, 15) is 8.78 Å². The number of alkyl halides is 2. The van der Waals surface area contributed by atoms with Crippen LogP contribution in [-0.2, 0) is 9.47 Å². The minimum absolute atomic E-state index is 0.554. The Morgan fingerprint density at radius 2 is 1.91 bits per heavy atom. The quantitative estimate of drug-likeness (QED) is 0.546. The minimum atomic E-state index is -2.85. The molecule has 0 amide bonds. The van der Waals surface area contributed by atoms with E-state index in [0.29, 0.717) is 0 Å². The van der Waals surface area contributed by atoms with E-state index in [1.807, 2.05) is 0 Å². The molecular formula is C7H12F2O2. The molecule has 1 saturated heterocycles. The molecule has 0 aromatic heterocycles. The maximum absolute atomic E-state index is 12.7. The standard InChI is InChI=1S/C7H12F2O2/c1-5-7(8,9)4-10-6(2,3)11-5/h5H,4H2,1-3H3. The lowest BCUT2D eigenvalue weighted by atomic mass is 10.2. The molecule has 1 atom stereocenters.